The van der Waals surface area contributed by atoms with Crippen LogP contribution in [0.2, 0.25) is 0 Å². The zero-order valence-corrected chi connectivity index (χ0v) is 20.9. The summed E-state index contributed by atoms with van der Waals surface area (Å²) in [7, 11) is 0. The standard InChI is InChI=1S/C28H37N3O5/c32-22-16-31(24-23(33)17-36-25(22)24)27(35)28(12-2-1-3-13-28)29-26(34)20-6-4-18(5-7-20)19-10-14-30(15-11-19)21-8-9-21/h4-7,19,21-22,24-25,32H,1-3,8-17H2,(H,29,34)/t22-,24-,25-/m1/s1. The van der Waals surface area contributed by atoms with Gasteiger partial charge in [-0.25, -0.2) is 0 Å². The first-order valence-electron chi connectivity index (χ1n) is 13.8. The van der Waals surface area contributed by atoms with Crippen LogP contribution in [0.4, 0.5) is 0 Å². The van der Waals surface area contributed by atoms with Gasteiger partial charge in [-0.05, 0) is 75.2 Å². The van der Waals surface area contributed by atoms with Gasteiger partial charge in [-0.1, -0.05) is 31.4 Å². The van der Waals surface area contributed by atoms with Crippen molar-refractivity contribution in [3.8, 4) is 0 Å². The first-order chi connectivity index (χ1) is 17.4. The van der Waals surface area contributed by atoms with Crippen LogP contribution in [0.15, 0.2) is 24.3 Å². The predicted molar refractivity (Wildman–Crippen MR) is 133 cm³/mol. The molecule has 1 aromatic rings. The van der Waals surface area contributed by atoms with E-state index in [-0.39, 0.29) is 30.7 Å². The normalized spacial score (nSPS) is 30.9. The van der Waals surface area contributed by atoms with Crippen LogP contribution < -0.4 is 5.32 Å². The molecule has 36 heavy (non-hydrogen) atoms. The molecule has 0 bridgehead atoms. The van der Waals surface area contributed by atoms with Crippen LogP contribution in [0.5, 0.6) is 0 Å². The number of nitrogens with zero attached hydrogens (tertiary/aromatic N) is 2. The average molecular weight is 496 g/mol. The van der Waals surface area contributed by atoms with E-state index in [1.54, 1.807) is 0 Å². The smallest absolute Gasteiger partial charge is 0.252 e. The van der Waals surface area contributed by atoms with E-state index < -0.39 is 23.8 Å². The molecule has 3 saturated heterocycles. The summed E-state index contributed by atoms with van der Waals surface area (Å²) in [6.45, 7) is 2.29. The second-order valence-electron chi connectivity index (χ2n) is 11.5. The van der Waals surface area contributed by atoms with Gasteiger partial charge in [0, 0.05) is 11.6 Å². The molecule has 8 nitrogen and oxygen atoms in total. The maximum Gasteiger partial charge on any atom is 0.252 e. The molecule has 0 spiro atoms. The Morgan fingerprint density at radius 1 is 1.00 bits per heavy atom. The fourth-order valence-electron chi connectivity index (χ4n) is 6.90. The molecule has 5 fully saturated rings. The number of amides is 2. The fraction of sp³-hybridized carbons (Fsp3) is 0.679. The Labute approximate surface area is 212 Å². The maximum absolute atomic E-state index is 13.9. The molecule has 3 aliphatic heterocycles. The first-order valence-corrected chi connectivity index (χ1v) is 13.8. The van der Waals surface area contributed by atoms with Crippen molar-refractivity contribution in [2.24, 2.45) is 0 Å². The van der Waals surface area contributed by atoms with E-state index in [4.69, 9.17) is 4.74 Å². The number of β-amino-alcohol motifs (C(OH)–C–C–N with tert-alkyl or cyclic N) is 1. The van der Waals surface area contributed by atoms with Gasteiger partial charge in [0.25, 0.3) is 5.91 Å². The number of nitrogens with one attached hydrogen (secondary N) is 1. The second-order valence-corrected chi connectivity index (χ2v) is 11.5. The Morgan fingerprint density at radius 3 is 2.36 bits per heavy atom. The number of fused-ring (bicyclic) bond motifs is 1. The van der Waals surface area contributed by atoms with E-state index in [1.807, 2.05) is 12.1 Å². The molecular weight excluding hydrogens is 458 g/mol. The Balaban J connectivity index is 1.15. The van der Waals surface area contributed by atoms with Crippen molar-refractivity contribution >= 4 is 17.6 Å². The maximum atomic E-state index is 13.9. The lowest BCUT2D eigenvalue weighted by molar-refractivity contribution is -0.143. The highest BCUT2D eigenvalue weighted by Crippen LogP contribution is 2.36. The molecule has 2 N–H and O–H groups in total. The summed E-state index contributed by atoms with van der Waals surface area (Å²) in [6.07, 6.45) is 7.21. The van der Waals surface area contributed by atoms with Crippen molar-refractivity contribution in [1.29, 1.82) is 0 Å². The van der Waals surface area contributed by atoms with Gasteiger partial charge in [0.2, 0.25) is 5.91 Å². The van der Waals surface area contributed by atoms with Crippen LogP contribution in [0.1, 0.15) is 79.6 Å². The minimum Gasteiger partial charge on any atom is -0.388 e. The highest BCUT2D eigenvalue weighted by Gasteiger charge is 2.55. The third-order valence-corrected chi connectivity index (χ3v) is 9.13. The minimum absolute atomic E-state index is 0.0613. The number of likely N-dealkylation sites (tertiary alicyclic amines) is 2. The molecule has 2 amide bonds. The Hall–Kier alpha value is -2.29. The number of aliphatic hydroxyl groups excluding tert-OH is 1. The van der Waals surface area contributed by atoms with Gasteiger partial charge in [0.1, 0.15) is 30.4 Å². The Morgan fingerprint density at radius 2 is 1.69 bits per heavy atom. The number of carbonyl (C=O) groups excluding carboxylic acids is 3. The highest BCUT2D eigenvalue weighted by atomic mass is 16.5. The number of ketones is 1. The number of ether oxygens (including phenoxy) is 1. The van der Waals surface area contributed by atoms with Crippen molar-refractivity contribution in [2.75, 3.05) is 26.2 Å². The van der Waals surface area contributed by atoms with E-state index in [0.717, 1.165) is 51.2 Å². The predicted octanol–water partition coefficient (Wildman–Crippen LogP) is 2.00. The van der Waals surface area contributed by atoms with E-state index >= 15 is 0 Å². The first kappa shape index (κ1) is 24.1. The van der Waals surface area contributed by atoms with Crippen molar-refractivity contribution in [3.63, 3.8) is 0 Å². The van der Waals surface area contributed by atoms with E-state index in [0.29, 0.717) is 24.3 Å². The molecule has 0 unspecified atom stereocenters. The van der Waals surface area contributed by atoms with E-state index in [9.17, 15) is 19.5 Å². The summed E-state index contributed by atoms with van der Waals surface area (Å²) in [5.74, 6) is -0.171. The fourth-order valence-corrected chi connectivity index (χ4v) is 6.90. The molecule has 5 aliphatic rings. The summed E-state index contributed by atoms with van der Waals surface area (Å²) >= 11 is 0. The van der Waals surface area contributed by atoms with Gasteiger partial charge in [-0.15, -0.1) is 0 Å². The third-order valence-electron chi connectivity index (χ3n) is 9.13. The SMILES string of the molecule is O=C(NC1(C(=O)N2C[C@@H](O)[C@H]3OCC(=O)[C@H]32)CCCCC1)c1ccc(C2CCN(C3CC3)CC2)cc1. The summed E-state index contributed by atoms with van der Waals surface area (Å²) in [6, 6.07) is 7.95. The number of Topliss-reactive ketones (excluding diaryl/α,β-unsaturated/α-hetero) is 1. The molecule has 2 saturated carbocycles. The van der Waals surface area contributed by atoms with Crippen molar-refractivity contribution in [2.45, 2.75) is 93.5 Å². The number of aliphatic hydroxyl groups is 1. The van der Waals surface area contributed by atoms with Gasteiger partial charge in [0.05, 0.1) is 6.54 Å². The van der Waals surface area contributed by atoms with Gasteiger partial charge >= 0.3 is 0 Å². The van der Waals surface area contributed by atoms with Crippen molar-refractivity contribution in [3.05, 3.63) is 35.4 Å². The third kappa shape index (κ3) is 4.37. The molecule has 3 heterocycles. The van der Waals surface area contributed by atoms with E-state index in [2.05, 4.69) is 22.3 Å². The van der Waals surface area contributed by atoms with Gasteiger partial charge in [-0.2, -0.15) is 0 Å². The van der Waals surface area contributed by atoms with Crippen LogP contribution in [-0.2, 0) is 14.3 Å². The van der Waals surface area contributed by atoms with Gasteiger partial charge in [-0.3, -0.25) is 14.4 Å². The van der Waals surface area contributed by atoms with Gasteiger partial charge < -0.3 is 25.0 Å². The number of rotatable bonds is 5. The number of piperidine rings is 1. The molecule has 0 radical (unpaired) electrons. The molecule has 0 aromatic heterocycles. The lowest BCUT2D eigenvalue weighted by Crippen LogP contribution is -2.62. The lowest BCUT2D eigenvalue weighted by atomic mass is 9.80. The number of carbonyl (C=O) groups is 3. The summed E-state index contributed by atoms with van der Waals surface area (Å²) in [4.78, 5) is 43.8. The monoisotopic (exact) mass is 495 g/mol. The molecule has 2 aliphatic carbocycles. The molecule has 3 atom stereocenters. The topological polar surface area (TPSA) is 99.2 Å². The number of hydrogen-bond donors (Lipinski definition) is 2. The van der Waals surface area contributed by atoms with Crippen molar-refractivity contribution in [1.82, 2.24) is 15.1 Å². The zero-order chi connectivity index (χ0) is 24.9. The molecule has 8 heteroatoms. The number of hydrogen-bond acceptors (Lipinski definition) is 6. The largest absolute Gasteiger partial charge is 0.388 e. The molecule has 6 rings (SSSR count). The molecular formula is C28H37N3O5. The molecule has 1 aromatic carbocycles. The summed E-state index contributed by atoms with van der Waals surface area (Å²) in [5.41, 5.74) is 0.773. The van der Waals surface area contributed by atoms with Crippen LogP contribution in [0.3, 0.4) is 0 Å². The zero-order valence-electron chi connectivity index (χ0n) is 20.9. The average Bonchev–Trinajstić information content (AvgIpc) is 3.61. The summed E-state index contributed by atoms with van der Waals surface area (Å²) in [5, 5.41) is 13.5. The Bertz CT molecular complexity index is 1010. The van der Waals surface area contributed by atoms with E-state index in [1.165, 1.54) is 23.3 Å². The van der Waals surface area contributed by atoms with Crippen LogP contribution in [0, 0.1) is 0 Å². The summed E-state index contributed by atoms with van der Waals surface area (Å²) < 4.78 is 5.45. The van der Waals surface area contributed by atoms with Crippen molar-refractivity contribution < 1.29 is 24.2 Å². The van der Waals surface area contributed by atoms with Crippen LogP contribution in [-0.4, -0.2) is 88.6 Å². The molecule has 194 valence electrons. The quantitative estimate of drug-likeness (QED) is 0.648. The van der Waals surface area contributed by atoms with Crippen LogP contribution in [0.25, 0.3) is 0 Å². The highest BCUT2D eigenvalue weighted by molar-refractivity contribution is 6.01. The second kappa shape index (κ2) is 9.54. The van der Waals surface area contributed by atoms with Gasteiger partial charge in [0.15, 0.2) is 5.78 Å². The Kier molecular flexibility index (Phi) is 6.38. The van der Waals surface area contributed by atoms with Crippen LogP contribution >= 0.6 is 0 Å². The minimum atomic E-state index is -1.05. The lowest BCUT2D eigenvalue weighted by Gasteiger charge is -2.40. The number of benzene rings is 1.